The monoisotopic (exact) mass is 514 g/mol. The van der Waals surface area contributed by atoms with Crippen molar-refractivity contribution in [2.24, 2.45) is 0 Å². The minimum absolute atomic E-state index is 1.38. The lowest BCUT2D eigenvalue weighted by Gasteiger charge is -2.00. The molecular formula is C20H18S8. The van der Waals surface area contributed by atoms with Crippen molar-refractivity contribution in [3.8, 4) is 29.3 Å². The van der Waals surface area contributed by atoms with Crippen LogP contribution in [0.4, 0.5) is 0 Å². The van der Waals surface area contributed by atoms with Crippen LogP contribution in [0.3, 0.4) is 0 Å². The molecule has 0 unspecified atom stereocenters. The Morgan fingerprint density at radius 1 is 0.536 bits per heavy atom. The average molecular weight is 515 g/mol. The summed E-state index contributed by atoms with van der Waals surface area (Å²) in [5, 5.41) is 4.42. The topological polar surface area (TPSA) is 0 Å². The number of hydrogen-bond donors (Lipinski definition) is 0. The quantitative estimate of drug-likeness (QED) is 0.225. The van der Waals surface area contributed by atoms with Crippen molar-refractivity contribution in [1.82, 2.24) is 0 Å². The zero-order valence-electron chi connectivity index (χ0n) is 15.7. The minimum Gasteiger partial charge on any atom is -0.142 e. The van der Waals surface area contributed by atoms with Crippen molar-refractivity contribution >= 4 is 92.4 Å². The Morgan fingerprint density at radius 3 is 1.29 bits per heavy atom. The molecule has 4 rings (SSSR count). The Kier molecular flexibility index (Phi) is 7.32. The fraction of sp³-hybridized carbons (Fsp3) is 0.200. The maximum Gasteiger partial charge on any atom is 0.0596 e. The van der Waals surface area contributed by atoms with Crippen LogP contribution >= 0.6 is 92.4 Å². The van der Waals surface area contributed by atoms with Crippen molar-refractivity contribution in [2.75, 3.05) is 25.0 Å². The summed E-state index contributed by atoms with van der Waals surface area (Å²) in [4.78, 5) is 14.0. The molecule has 0 amide bonds. The minimum atomic E-state index is 1.38. The molecule has 0 nitrogen and oxygen atoms in total. The van der Waals surface area contributed by atoms with E-state index >= 15 is 0 Å². The third-order valence-electron chi connectivity index (χ3n) is 4.19. The van der Waals surface area contributed by atoms with E-state index in [2.05, 4.69) is 60.0 Å². The van der Waals surface area contributed by atoms with Crippen molar-refractivity contribution in [2.45, 2.75) is 19.6 Å². The van der Waals surface area contributed by atoms with Gasteiger partial charge >= 0.3 is 0 Å². The summed E-state index contributed by atoms with van der Waals surface area (Å²) in [6, 6.07) is 9.25. The summed E-state index contributed by atoms with van der Waals surface area (Å²) >= 11 is 15.0. The van der Waals surface area contributed by atoms with E-state index in [1.807, 2.05) is 92.4 Å². The molecule has 146 valence electrons. The zero-order chi connectivity index (χ0) is 19.7. The Hall–Kier alpha value is 0.200. The summed E-state index contributed by atoms with van der Waals surface area (Å²) in [5.74, 6) is 0. The molecule has 0 aliphatic heterocycles. The maximum absolute atomic E-state index is 2.39. The molecule has 0 bridgehead atoms. The van der Waals surface area contributed by atoms with Gasteiger partial charge in [0, 0.05) is 29.3 Å². The van der Waals surface area contributed by atoms with Crippen molar-refractivity contribution < 1.29 is 0 Å². The molecule has 4 aromatic heterocycles. The highest BCUT2D eigenvalue weighted by Crippen LogP contribution is 2.51. The van der Waals surface area contributed by atoms with Gasteiger partial charge in [-0.3, -0.25) is 0 Å². The van der Waals surface area contributed by atoms with Gasteiger partial charge in [-0.05, 0) is 60.0 Å². The fourth-order valence-electron chi connectivity index (χ4n) is 2.86. The number of thiophene rings is 4. The second-order valence-electron chi connectivity index (χ2n) is 5.65. The van der Waals surface area contributed by atoms with Gasteiger partial charge in [0.05, 0.1) is 19.5 Å². The standard InChI is InChI=1S/C20H18S8/c1-21-11-5-7-25-17(11)19-15(23-3)9-13(27-19)14-10-16(24-4)20(28-14)18-12(22-2)6-8-26-18/h5-10H,1-4H3. The SMILES string of the molecule is CSc1ccsc1-c1sc(-c2cc(SC)c(-c3sccc3SC)s2)cc1SC. The number of hydrogen-bond acceptors (Lipinski definition) is 8. The van der Waals surface area contributed by atoms with Crippen LogP contribution in [0.15, 0.2) is 54.6 Å². The first-order valence-electron chi connectivity index (χ1n) is 8.29. The first kappa shape index (κ1) is 21.4. The molecule has 0 spiro atoms. The second kappa shape index (κ2) is 9.56. The van der Waals surface area contributed by atoms with E-state index in [0.717, 1.165) is 0 Å². The highest BCUT2D eigenvalue weighted by atomic mass is 32.2. The van der Waals surface area contributed by atoms with Gasteiger partial charge in [0.25, 0.3) is 0 Å². The van der Waals surface area contributed by atoms with E-state index in [1.54, 1.807) is 0 Å². The third kappa shape index (κ3) is 4.04. The predicted molar refractivity (Wildman–Crippen MR) is 141 cm³/mol. The molecule has 0 atom stereocenters. The van der Waals surface area contributed by atoms with Crippen LogP contribution in [0, 0.1) is 0 Å². The van der Waals surface area contributed by atoms with Crippen molar-refractivity contribution in [1.29, 1.82) is 0 Å². The molecule has 4 aromatic rings. The van der Waals surface area contributed by atoms with Crippen molar-refractivity contribution in [3.63, 3.8) is 0 Å². The van der Waals surface area contributed by atoms with Crippen LogP contribution in [0.5, 0.6) is 0 Å². The molecule has 0 N–H and O–H groups in total. The van der Waals surface area contributed by atoms with Gasteiger partial charge < -0.3 is 0 Å². The zero-order valence-corrected chi connectivity index (χ0v) is 22.3. The summed E-state index contributed by atoms with van der Waals surface area (Å²) in [5.41, 5.74) is 0. The Bertz CT molecular complexity index is 991. The molecule has 0 aromatic carbocycles. The maximum atomic E-state index is 2.39. The van der Waals surface area contributed by atoms with Crippen LogP contribution in [-0.2, 0) is 0 Å². The van der Waals surface area contributed by atoms with Crippen LogP contribution in [0.1, 0.15) is 0 Å². The van der Waals surface area contributed by atoms with Crippen LogP contribution in [-0.4, -0.2) is 25.0 Å². The molecule has 0 saturated heterocycles. The normalized spacial score (nSPS) is 11.4. The Morgan fingerprint density at radius 2 is 0.929 bits per heavy atom. The summed E-state index contributed by atoms with van der Waals surface area (Å²) < 4.78 is 0. The van der Waals surface area contributed by atoms with Gasteiger partial charge in [-0.15, -0.1) is 92.4 Å². The van der Waals surface area contributed by atoms with Gasteiger partial charge in [0.1, 0.15) is 0 Å². The molecule has 28 heavy (non-hydrogen) atoms. The molecule has 0 radical (unpaired) electrons. The lowest BCUT2D eigenvalue weighted by atomic mass is 10.3. The molecule has 0 aliphatic rings. The molecule has 8 heteroatoms. The largest absolute Gasteiger partial charge is 0.142 e. The van der Waals surface area contributed by atoms with Gasteiger partial charge in [-0.25, -0.2) is 0 Å². The molecular weight excluding hydrogens is 497 g/mol. The fourth-order valence-corrected chi connectivity index (χ4v) is 11.1. The van der Waals surface area contributed by atoms with E-state index in [0.29, 0.717) is 0 Å². The molecule has 0 fully saturated rings. The second-order valence-corrected chi connectivity index (χ2v) is 13.0. The highest BCUT2D eigenvalue weighted by molar-refractivity contribution is 7.99. The van der Waals surface area contributed by atoms with Gasteiger partial charge in [0.2, 0.25) is 0 Å². The van der Waals surface area contributed by atoms with Gasteiger partial charge in [-0.2, -0.15) is 0 Å². The lowest BCUT2D eigenvalue weighted by Crippen LogP contribution is -1.71. The van der Waals surface area contributed by atoms with E-state index in [1.165, 1.54) is 48.8 Å². The summed E-state index contributed by atoms with van der Waals surface area (Å²) in [7, 11) is 0. The van der Waals surface area contributed by atoms with E-state index in [-0.39, 0.29) is 0 Å². The number of rotatable bonds is 7. The third-order valence-corrected chi connectivity index (χ3v) is 12.4. The Balaban J connectivity index is 1.80. The lowest BCUT2D eigenvalue weighted by molar-refractivity contribution is 1.52. The summed E-state index contributed by atoms with van der Waals surface area (Å²) in [6.45, 7) is 0. The van der Waals surface area contributed by atoms with Crippen LogP contribution in [0.25, 0.3) is 29.3 Å². The first-order chi connectivity index (χ1) is 13.7. The van der Waals surface area contributed by atoms with Crippen LogP contribution in [0.2, 0.25) is 0 Å². The average Bonchev–Trinajstić information content (AvgIpc) is 3.50. The van der Waals surface area contributed by atoms with Gasteiger partial charge in [-0.1, -0.05) is 0 Å². The predicted octanol–water partition coefficient (Wildman–Crippen LogP) is 9.82. The van der Waals surface area contributed by atoms with Gasteiger partial charge in [0.15, 0.2) is 0 Å². The molecule has 0 saturated carbocycles. The van der Waals surface area contributed by atoms with Crippen LogP contribution < -0.4 is 0 Å². The number of thioether (sulfide) groups is 4. The van der Waals surface area contributed by atoms with E-state index < -0.39 is 0 Å². The summed E-state index contributed by atoms with van der Waals surface area (Å²) in [6.07, 6.45) is 8.70. The van der Waals surface area contributed by atoms with E-state index in [4.69, 9.17) is 0 Å². The smallest absolute Gasteiger partial charge is 0.0596 e. The Labute approximate surface area is 199 Å². The molecule has 4 heterocycles. The first-order valence-corrected chi connectivity index (χ1v) is 16.6. The molecule has 0 aliphatic carbocycles. The van der Waals surface area contributed by atoms with E-state index in [9.17, 15) is 0 Å². The van der Waals surface area contributed by atoms with Crippen molar-refractivity contribution in [3.05, 3.63) is 35.0 Å². The highest BCUT2D eigenvalue weighted by Gasteiger charge is 2.20.